The molecule has 1 saturated heterocycles. The van der Waals surface area contributed by atoms with Gasteiger partial charge in [0, 0.05) is 5.75 Å². The van der Waals surface area contributed by atoms with Crippen molar-refractivity contribution in [3.63, 3.8) is 0 Å². The first kappa shape index (κ1) is 3.56. The monoisotopic (exact) mass is 86.0 g/mol. The molecule has 3 heteroatoms. The lowest BCUT2D eigenvalue weighted by molar-refractivity contribution is 1.51. The molecule has 0 spiro atoms. The van der Waals surface area contributed by atoms with Crippen molar-refractivity contribution in [2.45, 2.75) is 6.32 Å². The Labute approximate surface area is 36.9 Å². The lowest BCUT2D eigenvalue weighted by atomic mass is 9.94. The Hall–Kier alpha value is 0.375. The second-order valence-electron chi connectivity index (χ2n) is 0.959. The number of nitrogens with one attached hydrogen (secondary N) is 1. The summed E-state index contributed by atoms with van der Waals surface area (Å²) in [6.45, 7) is 0. The van der Waals surface area contributed by atoms with Gasteiger partial charge in [-0.1, -0.05) is 18.3 Å². The molecule has 0 aromatic heterocycles. The first-order valence-electron chi connectivity index (χ1n) is 1.69. The molecule has 5 heavy (non-hydrogen) atoms. The Balaban J connectivity index is 2.08. The fourth-order valence-corrected chi connectivity index (χ4v) is 0.884. The second-order valence-corrected chi connectivity index (χ2v) is 1.89. The summed E-state index contributed by atoms with van der Waals surface area (Å²) in [7, 11) is 2.07. The fraction of sp³-hybridized carbons (Fsp3) is 1.00. The molecule has 1 aliphatic rings. The first-order valence-corrected chi connectivity index (χ1v) is 2.68. The average molecular weight is 85.9 g/mol. The molecule has 0 amide bonds. The molecule has 0 unspecified atom stereocenters. The van der Waals surface area contributed by atoms with Crippen molar-refractivity contribution < 1.29 is 0 Å². The van der Waals surface area contributed by atoms with E-state index in [2.05, 4.69) is 12.0 Å². The van der Waals surface area contributed by atoms with Crippen LogP contribution in [0.5, 0.6) is 0 Å². The topological polar surface area (TPSA) is 12.0 Å². The summed E-state index contributed by atoms with van der Waals surface area (Å²) < 4.78 is 3.01. The molecule has 0 atom stereocenters. The van der Waals surface area contributed by atoms with E-state index < -0.39 is 0 Å². The zero-order chi connectivity index (χ0) is 3.54. The van der Waals surface area contributed by atoms with Crippen molar-refractivity contribution in [1.82, 2.24) is 4.63 Å². The van der Waals surface area contributed by atoms with Gasteiger partial charge in [-0.15, -0.1) is 0 Å². The van der Waals surface area contributed by atoms with Crippen molar-refractivity contribution in [1.29, 1.82) is 0 Å². The van der Waals surface area contributed by atoms with Crippen molar-refractivity contribution in [2.75, 3.05) is 5.75 Å². The summed E-state index contributed by atoms with van der Waals surface area (Å²) >= 11 is 1.77. The van der Waals surface area contributed by atoms with E-state index in [0.29, 0.717) is 0 Å². The maximum Gasteiger partial charge on any atom is 0.219 e. The van der Waals surface area contributed by atoms with Gasteiger partial charge in [0.15, 0.2) is 0 Å². The van der Waals surface area contributed by atoms with E-state index >= 15 is 0 Å². The van der Waals surface area contributed by atoms with Gasteiger partial charge in [0.05, 0.1) is 0 Å². The molecule has 1 heterocycles. The van der Waals surface area contributed by atoms with Crippen LogP contribution in [-0.4, -0.2) is 13.2 Å². The van der Waals surface area contributed by atoms with Crippen molar-refractivity contribution in [3.8, 4) is 0 Å². The summed E-state index contributed by atoms with van der Waals surface area (Å²) in [5.74, 6) is 1.25. The zero-order valence-electron chi connectivity index (χ0n) is 2.90. The molecule has 1 fully saturated rings. The summed E-state index contributed by atoms with van der Waals surface area (Å²) in [6.07, 6.45) is 1.23. The lowest BCUT2D eigenvalue weighted by Gasteiger charge is -1.75. The van der Waals surface area contributed by atoms with Gasteiger partial charge in [0.2, 0.25) is 7.41 Å². The minimum atomic E-state index is 1.23. The first-order chi connectivity index (χ1) is 2.50. The third-order valence-corrected chi connectivity index (χ3v) is 1.30. The van der Waals surface area contributed by atoms with Crippen molar-refractivity contribution >= 4 is 19.4 Å². The third kappa shape index (κ3) is 0.854. The smallest absolute Gasteiger partial charge is 0.219 e. The van der Waals surface area contributed by atoms with Crippen LogP contribution in [-0.2, 0) is 0 Å². The molecule has 0 aromatic carbocycles. The molecule has 27 valence electrons. The predicted octanol–water partition coefficient (Wildman–Crippen LogP) is 0.275. The second kappa shape index (κ2) is 1.72. The summed E-state index contributed by atoms with van der Waals surface area (Å²) in [6, 6.07) is 0. The maximum atomic E-state index is 3.01. The highest BCUT2D eigenvalue weighted by atomic mass is 32.2. The Kier molecular flexibility index (Phi) is 1.23. The van der Waals surface area contributed by atoms with E-state index in [1.54, 1.807) is 11.9 Å². The number of hydrogen-bond acceptors (Lipinski definition) is 2. The van der Waals surface area contributed by atoms with Crippen LogP contribution in [0.15, 0.2) is 0 Å². The van der Waals surface area contributed by atoms with Crippen LogP contribution >= 0.6 is 11.9 Å². The van der Waals surface area contributed by atoms with Crippen molar-refractivity contribution in [2.24, 2.45) is 0 Å². The Morgan fingerprint density at radius 1 is 1.80 bits per heavy atom. The molecule has 0 bridgehead atoms. The highest BCUT2D eigenvalue weighted by Crippen LogP contribution is 2.01. The number of rotatable bonds is 0. The average Bonchev–Trinajstić information content (AvgIpc) is 1.76. The van der Waals surface area contributed by atoms with E-state index in [-0.39, 0.29) is 0 Å². The minimum absolute atomic E-state index is 1.23. The van der Waals surface area contributed by atoms with Crippen molar-refractivity contribution in [3.05, 3.63) is 0 Å². The molecule has 1 rings (SSSR count). The van der Waals surface area contributed by atoms with E-state index in [1.165, 1.54) is 12.1 Å². The van der Waals surface area contributed by atoms with Crippen LogP contribution in [0, 0.1) is 0 Å². The lowest BCUT2D eigenvalue weighted by Crippen LogP contribution is -1.97. The predicted molar refractivity (Wildman–Crippen MR) is 26.2 cm³/mol. The Morgan fingerprint density at radius 2 is 2.80 bits per heavy atom. The van der Waals surface area contributed by atoms with Crippen LogP contribution in [0.25, 0.3) is 0 Å². The third-order valence-electron chi connectivity index (χ3n) is 0.531. The van der Waals surface area contributed by atoms with Gasteiger partial charge >= 0.3 is 0 Å². The van der Waals surface area contributed by atoms with Gasteiger partial charge in [0.1, 0.15) is 0 Å². The van der Waals surface area contributed by atoms with E-state index in [0.717, 1.165) is 0 Å². The van der Waals surface area contributed by atoms with Gasteiger partial charge in [-0.05, 0) is 0 Å². The summed E-state index contributed by atoms with van der Waals surface area (Å²) in [5.41, 5.74) is 0. The van der Waals surface area contributed by atoms with Gasteiger partial charge in [-0.2, -0.15) is 0 Å². The molecule has 1 N–H and O–H groups in total. The maximum absolute atomic E-state index is 3.01. The van der Waals surface area contributed by atoms with Gasteiger partial charge in [-0.25, -0.2) is 0 Å². The molecule has 1 aliphatic heterocycles. The van der Waals surface area contributed by atoms with Gasteiger partial charge < -0.3 is 4.63 Å². The molecule has 1 nitrogen and oxygen atoms in total. The molecule has 1 radical (unpaired) electrons. The quantitative estimate of drug-likeness (QED) is 0.335. The molecular formula is C2H5BNS. The summed E-state index contributed by atoms with van der Waals surface area (Å²) in [4.78, 5) is 0. The fourth-order valence-electron chi connectivity index (χ4n) is 0.295. The van der Waals surface area contributed by atoms with Crippen LogP contribution < -0.4 is 4.63 Å². The zero-order valence-corrected chi connectivity index (χ0v) is 3.72. The van der Waals surface area contributed by atoms with Crippen LogP contribution in [0.1, 0.15) is 0 Å². The van der Waals surface area contributed by atoms with E-state index in [9.17, 15) is 0 Å². The molecule has 0 saturated carbocycles. The van der Waals surface area contributed by atoms with E-state index in [1.807, 2.05) is 0 Å². The largest absolute Gasteiger partial charge is 0.308 e. The van der Waals surface area contributed by atoms with Crippen LogP contribution in [0.4, 0.5) is 0 Å². The summed E-state index contributed by atoms with van der Waals surface area (Å²) in [5, 5.41) is 0. The highest BCUT2D eigenvalue weighted by Gasteiger charge is 1.97. The Bertz CT molecular complexity index is 21.2. The highest BCUT2D eigenvalue weighted by molar-refractivity contribution is 7.99. The standard InChI is InChI=1S/C2H5BNS/c1-2-5-4-3-1/h4H,1-2H2. The van der Waals surface area contributed by atoms with Crippen LogP contribution in [0.3, 0.4) is 0 Å². The van der Waals surface area contributed by atoms with Gasteiger partial charge in [0.25, 0.3) is 0 Å². The minimum Gasteiger partial charge on any atom is -0.308 e. The molecule has 0 aromatic rings. The number of hydrogen-bond donors (Lipinski definition) is 1. The van der Waals surface area contributed by atoms with E-state index in [4.69, 9.17) is 0 Å². The van der Waals surface area contributed by atoms with Gasteiger partial charge in [-0.3, -0.25) is 0 Å². The van der Waals surface area contributed by atoms with Crippen LogP contribution in [0.2, 0.25) is 6.32 Å². The SMILES string of the molecule is [B]1CCSN1. The normalized spacial score (nSPS) is 22.4. The molecule has 0 aliphatic carbocycles. The molecular weight excluding hydrogens is 80.9 g/mol. The Morgan fingerprint density at radius 3 is 3.00 bits per heavy atom.